The molecule has 2 amide bonds. The maximum absolute atomic E-state index is 12.6. The lowest BCUT2D eigenvalue weighted by Crippen LogP contribution is -2.42. The molecule has 3 aromatic rings. The second-order valence-corrected chi connectivity index (χ2v) is 10.2. The van der Waals surface area contributed by atoms with E-state index in [1.54, 1.807) is 45.0 Å². The van der Waals surface area contributed by atoms with Gasteiger partial charge in [-0.2, -0.15) is 0 Å². The van der Waals surface area contributed by atoms with Gasteiger partial charge in [-0.25, -0.2) is 14.4 Å². The first kappa shape index (κ1) is 26.7. The first-order chi connectivity index (χ1) is 18.1. The number of alkyl carbamates (subject to hydrolysis) is 2. The van der Waals surface area contributed by atoms with Crippen LogP contribution >= 0.6 is 0 Å². The summed E-state index contributed by atoms with van der Waals surface area (Å²) in [4.78, 5) is 36.3. The van der Waals surface area contributed by atoms with Crippen molar-refractivity contribution in [3.63, 3.8) is 0 Å². The van der Waals surface area contributed by atoms with E-state index >= 15 is 0 Å². The minimum atomic E-state index is -1.16. The summed E-state index contributed by atoms with van der Waals surface area (Å²) in [5.74, 6) is -1.27. The molecular weight excluding hydrogens is 484 g/mol. The van der Waals surface area contributed by atoms with E-state index in [0.29, 0.717) is 0 Å². The molecule has 1 aliphatic rings. The summed E-state index contributed by atoms with van der Waals surface area (Å²) in [6, 6.07) is 22.0. The summed E-state index contributed by atoms with van der Waals surface area (Å²) in [7, 11) is 0. The molecule has 0 unspecified atom stereocenters. The van der Waals surface area contributed by atoms with Crippen LogP contribution in [0.4, 0.5) is 9.59 Å². The van der Waals surface area contributed by atoms with Crippen LogP contribution in [-0.2, 0) is 27.2 Å². The minimum Gasteiger partial charge on any atom is -0.480 e. The molecule has 0 heterocycles. The summed E-state index contributed by atoms with van der Waals surface area (Å²) < 4.78 is 10.7. The highest BCUT2D eigenvalue weighted by atomic mass is 16.6. The minimum absolute atomic E-state index is 0.0826. The van der Waals surface area contributed by atoms with Crippen molar-refractivity contribution in [3.8, 4) is 11.1 Å². The van der Waals surface area contributed by atoms with Gasteiger partial charge in [0.05, 0.1) is 0 Å². The van der Waals surface area contributed by atoms with E-state index in [1.165, 1.54) is 0 Å². The first-order valence-electron chi connectivity index (χ1n) is 12.5. The van der Waals surface area contributed by atoms with Crippen LogP contribution in [0.25, 0.3) is 11.1 Å². The zero-order chi connectivity index (χ0) is 27.3. The fourth-order valence-electron chi connectivity index (χ4n) is 4.50. The molecule has 38 heavy (non-hydrogen) atoms. The second-order valence-electron chi connectivity index (χ2n) is 10.2. The van der Waals surface area contributed by atoms with Crippen molar-refractivity contribution >= 4 is 18.2 Å². The van der Waals surface area contributed by atoms with Crippen molar-refractivity contribution in [2.24, 2.45) is 0 Å². The maximum atomic E-state index is 12.6. The van der Waals surface area contributed by atoms with E-state index in [9.17, 15) is 19.5 Å². The van der Waals surface area contributed by atoms with E-state index in [1.807, 2.05) is 48.5 Å². The van der Waals surface area contributed by atoms with Gasteiger partial charge in [0.1, 0.15) is 18.2 Å². The molecule has 0 aromatic heterocycles. The standard InChI is InChI=1S/C30H32N2O6/c1-30(2,3)38-28(35)31-17-20-14-12-19(13-15-20)16-26(27(33)34)32-29(36)37-18-25-23-10-6-4-8-21(23)22-9-5-7-11-24(22)25/h4-15,25-26H,16-18H2,1-3H3,(H,31,35)(H,32,36)(H,33,34)/t26-/m0/s1. The molecule has 0 aliphatic heterocycles. The van der Waals surface area contributed by atoms with Crippen LogP contribution in [-0.4, -0.2) is 41.5 Å². The number of carboxylic acids is 1. The van der Waals surface area contributed by atoms with Crippen molar-refractivity contribution in [3.05, 3.63) is 95.1 Å². The van der Waals surface area contributed by atoms with Gasteiger partial charge in [0.2, 0.25) is 0 Å². The highest BCUT2D eigenvalue weighted by Gasteiger charge is 2.29. The number of hydrogen-bond donors (Lipinski definition) is 3. The zero-order valence-corrected chi connectivity index (χ0v) is 21.7. The van der Waals surface area contributed by atoms with Crippen molar-refractivity contribution < 1.29 is 29.0 Å². The smallest absolute Gasteiger partial charge is 0.407 e. The summed E-state index contributed by atoms with van der Waals surface area (Å²) in [6.45, 7) is 5.74. The molecular formula is C30H32N2O6. The van der Waals surface area contributed by atoms with Crippen LogP contribution in [0, 0.1) is 0 Å². The van der Waals surface area contributed by atoms with Crippen molar-refractivity contribution in [2.75, 3.05) is 6.61 Å². The Kier molecular flexibility index (Phi) is 8.00. The number of carbonyl (C=O) groups excluding carboxylic acids is 2. The topological polar surface area (TPSA) is 114 Å². The number of carbonyl (C=O) groups is 3. The average molecular weight is 517 g/mol. The van der Waals surface area contributed by atoms with E-state index in [0.717, 1.165) is 33.4 Å². The quantitative estimate of drug-likeness (QED) is 0.377. The molecule has 1 atom stereocenters. The Bertz CT molecular complexity index is 1270. The molecule has 3 aromatic carbocycles. The molecule has 0 saturated carbocycles. The number of rotatable bonds is 8. The normalized spacial score (nSPS) is 13.1. The van der Waals surface area contributed by atoms with Gasteiger partial charge < -0.3 is 25.2 Å². The molecule has 8 heteroatoms. The number of amides is 2. The number of hydrogen-bond acceptors (Lipinski definition) is 5. The van der Waals surface area contributed by atoms with Crippen LogP contribution in [0.15, 0.2) is 72.8 Å². The third kappa shape index (κ3) is 6.70. The molecule has 4 rings (SSSR count). The third-order valence-corrected chi connectivity index (χ3v) is 6.23. The average Bonchev–Trinajstić information content (AvgIpc) is 3.19. The lowest BCUT2D eigenvalue weighted by molar-refractivity contribution is -0.139. The van der Waals surface area contributed by atoms with E-state index in [2.05, 4.69) is 10.6 Å². The fourth-order valence-corrected chi connectivity index (χ4v) is 4.50. The van der Waals surface area contributed by atoms with Gasteiger partial charge in [0, 0.05) is 18.9 Å². The highest BCUT2D eigenvalue weighted by Crippen LogP contribution is 2.44. The summed E-state index contributed by atoms with van der Waals surface area (Å²) in [5, 5.41) is 14.8. The molecule has 0 saturated heterocycles. The molecule has 0 radical (unpaired) electrons. The van der Waals surface area contributed by atoms with Gasteiger partial charge in [0.15, 0.2) is 0 Å². The van der Waals surface area contributed by atoms with Crippen molar-refractivity contribution in [2.45, 2.75) is 51.3 Å². The molecule has 0 fully saturated rings. The Morgan fingerprint density at radius 1 is 0.842 bits per heavy atom. The van der Waals surface area contributed by atoms with Gasteiger partial charge in [-0.3, -0.25) is 0 Å². The van der Waals surface area contributed by atoms with Crippen LogP contribution in [0.2, 0.25) is 0 Å². The zero-order valence-electron chi connectivity index (χ0n) is 21.7. The molecule has 1 aliphatic carbocycles. The second kappa shape index (κ2) is 11.4. The van der Waals surface area contributed by atoms with Gasteiger partial charge >= 0.3 is 18.2 Å². The Morgan fingerprint density at radius 3 is 1.95 bits per heavy atom. The Morgan fingerprint density at radius 2 is 1.39 bits per heavy atom. The lowest BCUT2D eigenvalue weighted by atomic mass is 9.98. The maximum Gasteiger partial charge on any atom is 0.407 e. The molecule has 198 valence electrons. The van der Waals surface area contributed by atoms with Crippen LogP contribution < -0.4 is 10.6 Å². The molecule has 0 bridgehead atoms. The summed E-state index contributed by atoms with van der Waals surface area (Å²) in [6.07, 6.45) is -1.21. The number of carboxylic acid groups (broad SMARTS) is 1. The lowest BCUT2D eigenvalue weighted by Gasteiger charge is -2.19. The molecule has 8 nitrogen and oxygen atoms in total. The van der Waals surface area contributed by atoms with Gasteiger partial charge in [0.25, 0.3) is 0 Å². The third-order valence-electron chi connectivity index (χ3n) is 6.23. The van der Waals surface area contributed by atoms with Gasteiger partial charge in [-0.15, -0.1) is 0 Å². The van der Waals surface area contributed by atoms with Gasteiger partial charge in [-0.05, 0) is 54.2 Å². The number of aliphatic carboxylic acids is 1. The number of ether oxygens (including phenoxy) is 2. The Balaban J connectivity index is 1.31. The number of benzene rings is 3. The Labute approximate surface area is 222 Å². The van der Waals surface area contributed by atoms with E-state index in [-0.39, 0.29) is 25.5 Å². The number of fused-ring (bicyclic) bond motifs is 3. The molecule has 0 spiro atoms. The summed E-state index contributed by atoms with van der Waals surface area (Å²) in [5.41, 5.74) is 5.36. The van der Waals surface area contributed by atoms with Crippen LogP contribution in [0.1, 0.15) is 48.9 Å². The molecule has 3 N–H and O–H groups in total. The van der Waals surface area contributed by atoms with Crippen LogP contribution in [0.3, 0.4) is 0 Å². The van der Waals surface area contributed by atoms with Crippen LogP contribution in [0.5, 0.6) is 0 Å². The van der Waals surface area contributed by atoms with Crippen molar-refractivity contribution in [1.29, 1.82) is 0 Å². The predicted octanol–water partition coefficient (Wildman–Crippen LogP) is 5.25. The fraction of sp³-hybridized carbons (Fsp3) is 0.300. The first-order valence-corrected chi connectivity index (χ1v) is 12.5. The SMILES string of the molecule is CC(C)(C)OC(=O)NCc1ccc(C[C@H](NC(=O)OCC2c3ccccc3-c3ccccc32)C(=O)O)cc1. The van der Waals surface area contributed by atoms with Gasteiger partial charge in [-0.1, -0.05) is 72.8 Å². The number of nitrogens with one attached hydrogen (secondary N) is 2. The predicted molar refractivity (Wildman–Crippen MR) is 143 cm³/mol. The van der Waals surface area contributed by atoms with Crippen molar-refractivity contribution in [1.82, 2.24) is 10.6 Å². The highest BCUT2D eigenvalue weighted by molar-refractivity contribution is 5.81. The van der Waals surface area contributed by atoms with E-state index < -0.39 is 29.8 Å². The summed E-state index contributed by atoms with van der Waals surface area (Å²) >= 11 is 0. The Hall–Kier alpha value is -4.33. The van der Waals surface area contributed by atoms with E-state index in [4.69, 9.17) is 9.47 Å². The largest absolute Gasteiger partial charge is 0.480 e. The monoisotopic (exact) mass is 516 g/mol.